The van der Waals surface area contributed by atoms with Crippen LogP contribution in [0.5, 0.6) is 5.75 Å². The Labute approximate surface area is 157 Å². The largest absolute Gasteiger partial charge is 0.492 e. The fourth-order valence-corrected chi connectivity index (χ4v) is 2.72. The molecule has 2 rings (SSSR count). The van der Waals surface area contributed by atoms with Gasteiger partial charge in [0.05, 0.1) is 18.3 Å². The third-order valence-electron chi connectivity index (χ3n) is 4.56. The minimum atomic E-state index is -0.255. The van der Waals surface area contributed by atoms with Crippen LogP contribution in [0.25, 0.3) is 0 Å². The van der Waals surface area contributed by atoms with Gasteiger partial charge in [-0.15, -0.1) is 0 Å². The van der Waals surface area contributed by atoms with Crippen LogP contribution in [0.2, 0.25) is 0 Å². The predicted octanol–water partition coefficient (Wildman–Crippen LogP) is 4.67. The van der Waals surface area contributed by atoms with Gasteiger partial charge < -0.3 is 10.1 Å². The second-order valence-corrected chi connectivity index (χ2v) is 6.91. The summed E-state index contributed by atoms with van der Waals surface area (Å²) >= 11 is 0. The number of amides is 1. The second kappa shape index (κ2) is 9.39. The van der Waals surface area contributed by atoms with E-state index < -0.39 is 0 Å². The number of carbonyl (C=O) groups excluding carboxylic acids is 1. The van der Waals surface area contributed by atoms with E-state index in [1.165, 1.54) is 11.1 Å². The maximum absolute atomic E-state index is 12.6. The van der Waals surface area contributed by atoms with E-state index in [1.807, 2.05) is 50.1 Å². The smallest absolute Gasteiger partial charge is 0.241 e. The first-order chi connectivity index (χ1) is 12.4. The Balaban J connectivity index is 1.99. The third kappa shape index (κ3) is 5.33. The summed E-state index contributed by atoms with van der Waals surface area (Å²) in [5.41, 5.74) is 3.24. The number of ether oxygens (including phenoxy) is 1. The van der Waals surface area contributed by atoms with Crippen LogP contribution in [-0.2, 0) is 11.3 Å². The minimum Gasteiger partial charge on any atom is -0.492 e. The third-order valence-corrected chi connectivity index (χ3v) is 4.56. The van der Waals surface area contributed by atoms with E-state index >= 15 is 0 Å². The number of likely N-dealkylation sites (N-methyl/N-ethyl adjacent to an activating group) is 1. The molecule has 2 aromatic rings. The molecule has 0 aliphatic carbocycles. The lowest BCUT2D eigenvalue weighted by Gasteiger charge is -2.24. The molecule has 0 fully saturated rings. The average Bonchev–Trinajstić information content (AvgIpc) is 2.63. The highest BCUT2D eigenvalue weighted by molar-refractivity contribution is 5.95. The SMILES string of the molecule is CCOc1ccccc1NC(=O)[C@@H](C)N(C)Cc1ccc(C(C)C)cc1. The summed E-state index contributed by atoms with van der Waals surface area (Å²) in [5, 5.41) is 2.98. The summed E-state index contributed by atoms with van der Waals surface area (Å²) in [6.07, 6.45) is 0. The number of para-hydroxylation sites is 2. The Morgan fingerprint density at radius 3 is 2.35 bits per heavy atom. The predicted molar refractivity (Wildman–Crippen MR) is 108 cm³/mol. The zero-order valence-corrected chi connectivity index (χ0v) is 16.5. The quantitative estimate of drug-likeness (QED) is 0.749. The topological polar surface area (TPSA) is 41.6 Å². The first kappa shape index (κ1) is 20.0. The molecule has 1 N–H and O–H groups in total. The molecule has 1 amide bonds. The number of hydrogen-bond acceptors (Lipinski definition) is 3. The van der Waals surface area contributed by atoms with Gasteiger partial charge in [0.25, 0.3) is 0 Å². The summed E-state index contributed by atoms with van der Waals surface area (Å²) in [6.45, 7) is 9.51. The van der Waals surface area contributed by atoms with E-state index in [1.54, 1.807) is 0 Å². The van der Waals surface area contributed by atoms with Gasteiger partial charge in [-0.2, -0.15) is 0 Å². The van der Waals surface area contributed by atoms with Crippen LogP contribution in [0.3, 0.4) is 0 Å². The van der Waals surface area contributed by atoms with E-state index in [9.17, 15) is 4.79 Å². The van der Waals surface area contributed by atoms with Crippen LogP contribution >= 0.6 is 0 Å². The molecule has 2 aromatic carbocycles. The lowest BCUT2D eigenvalue weighted by atomic mass is 10.0. The molecular formula is C22H30N2O2. The highest BCUT2D eigenvalue weighted by Gasteiger charge is 2.19. The van der Waals surface area contributed by atoms with Crippen molar-refractivity contribution < 1.29 is 9.53 Å². The Kier molecular flexibility index (Phi) is 7.22. The van der Waals surface area contributed by atoms with E-state index in [2.05, 4.69) is 43.4 Å². The van der Waals surface area contributed by atoms with Crippen LogP contribution in [0.4, 0.5) is 5.69 Å². The minimum absolute atomic E-state index is 0.0431. The Hall–Kier alpha value is -2.33. The molecule has 0 aliphatic rings. The number of carbonyl (C=O) groups is 1. The highest BCUT2D eigenvalue weighted by atomic mass is 16.5. The molecule has 0 unspecified atom stereocenters. The van der Waals surface area contributed by atoms with Crippen LogP contribution in [0.15, 0.2) is 48.5 Å². The van der Waals surface area contributed by atoms with Gasteiger partial charge in [-0.05, 0) is 50.1 Å². The van der Waals surface area contributed by atoms with Crippen molar-refractivity contribution in [1.82, 2.24) is 4.90 Å². The molecule has 4 nitrogen and oxygen atoms in total. The second-order valence-electron chi connectivity index (χ2n) is 6.91. The summed E-state index contributed by atoms with van der Waals surface area (Å²) in [4.78, 5) is 14.7. The van der Waals surface area contributed by atoms with E-state index in [0.717, 1.165) is 6.54 Å². The summed E-state index contributed by atoms with van der Waals surface area (Å²) in [5.74, 6) is 1.18. The molecule has 0 spiro atoms. The van der Waals surface area contributed by atoms with Crippen molar-refractivity contribution in [3.8, 4) is 5.75 Å². The van der Waals surface area contributed by atoms with Crippen molar-refractivity contribution in [2.24, 2.45) is 0 Å². The summed E-state index contributed by atoms with van der Waals surface area (Å²) in [7, 11) is 1.97. The molecule has 1 atom stereocenters. The van der Waals surface area contributed by atoms with Crippen LogP contribution in [0, 0.1) is 0 Å². The molecule has 0 aliphatic heterocycles. The molecule has 140 valence electrons. The number of anilines is 1. The number of hydrogen-bond donors (Lipinski definition) is 1. The fourth-order valence-electron chi connectivity index (χ4n) is 2.72. The van der Waals surface area contributed by atoms with Crippen molar-refractivity contribution in [2.75, 3.05) is 19.0 Å². The summed E-state index contributed by atoms with van der Waals surface area (Å²) < 4.78 is 5.58. The van der Waals surface area contributed by atoms with Gasteiger partial charge in [-0.1, -0.05) is 50.2 Å². The molecule has 0 saturated carbocycles. The van der Waals surface area contributed by atoms with Crippen LogP contribution in [0.1, 0.15) is 44.7 Å². The van der Waals surface area contributed by atoms with Crippen molar-refractivity contribution in [3.63, 3.8) is 0 Å². The van der Waals surface area contributed by atoms with Gasteiger partial charge in [0.2, 0.25) is 5.91 Å². The standard InChI is InChI=1S/C22H30N2O2/c1-6-26-21-10-8-7-9-20(21)23-22(25)17(4)24(5)15-18-11-13-19(14-12-18)16(2)3/h7-14,16-17H,6,15H2,1-5H3,(H,23,25)/t17-/m1/s1. The number of nitrogens with one attached hydrogen (secondary N) is 1. The van der Waals surface area contributed by atoms with Gasteiger partial charge in [0.1, 0.15) is 5.75 Å². The van der Waals surface area contributed by atoms with E-state index in [-0.39, 0.29) is 11.9 Å². The van der Waals surface area contributed by atoms with Crippen LogP contribution < -0.4 is 10.1 Å². The molecule has 0 bridgehead atoms. The number of rotatable bonds is 8. The fraction of sp³-hybridized carbons (Fsp3) is 0.409. The monoisotopic (exact) mass is 354 g/mol. The Morgan fingerprint density at radius 1 is 1.08 bits per heavy atom. The Bertz CT molecular complexity index is 710. The van der Waals surface area contributed by atoms with Gasteiger partial charge in [-0.25, -0.2) is 0 Å². The molecule has 0 radical (unpaired) electrons. The molecule has 0 saturated heterocycles. The molecule has 4 heteroatoms. The Morgan fingerprint density at radius 2 is 1.73 bits per heavy atom. The van der Waals surface area contributed by atoms with Crippen molar-refractivity contribution in [3.05, 3.63) is 59.7 Å². The van der Waals surface area contributed by atoms with Crippen molar-refractivity contribution >= 4 is 11.6 Å². The molecular weight excluding hydrogens is 324 g/mol. The lowest BCUT2D eigenvalue weighted by Crippen LogP contribution is -2.39. The zero-order chi connectivity index (χ0) is 19.1. The first-order valence-electron chi connectivity index (χ1n) is 9.24. The highest BCUT2D eigenvalue weighted by Crippen LogP contribution is 2.24. The molecule has 0 aromatic heterocycles. The lowest BCUT2D eigenvalue weighted by molar-refractivity contribution is -0.120. The van der Waals surface area contributed by atoms with E-state index in [0.29, 0.717) is 24.0 Å². The maximum atomic E-state index is 12.6. The van der Waals surface area contributed by atoms with Crippen LogP contribution in [-0.4, -0.2) is 30.5 Å². The number of nitrogens with zero attached hydrogens (tertiary/aromatic N) is 1. The van der Waals surface area contributed by atoms with Crippen molar-refractivity contribution in [1.29, 1.82) is 0 Å². The van der Waals surface area contributed by atoms with Gasteiger partial charge in [0, 0.05) is 6.54 Å². The number of benzene rings is 2. The van der Waals surface area contributed by atoms with Gasteiger partial charge in [0.15, 0.2) is 0 Å². The first-order valence-corrected chi connectivity index (χ1v) is 9.24. The summed E-state index contributed by atoms with van der Waals surface area (Å²) in [6, 6.07) is 15.9. The van der Waals surface area contributed by atoms with Gasteiger partial charge >= 0.3 is 0 Å². The van der Waals surface area contributed by atoms with Crippen molar-refractivity contribution in [2.45, 2.75) is 46.2 Å². The normalized spacial score (nSPS) is 12.3. The van der Waals surface area contributed by atoms with Gasteiger partial charge in [-0.3, -0.25) is 9.69 Å². The average molecular weight is 354 g/mol. The zero-order valence-electron chi connectivity index (χ0n) is 16.5. The van der Waals surface area contributed by atoms with E-state index in [4.69, 9.17) is 4.74 Å². The molecule has 0 heterocycles. The molecule has 26 heavy (non-hydrogen) atoms. The maximum Gasteiger partial charge on any atom is 0.241 e.